The van der Waals surface area contributed by atoms with E-state index in [0.717, 1.165) is 0 Å². The van der Waals surface area contributed by atoms with E-state index in [0.29, 0.717) is 21.0 Å². The minimum atomic E-state index is -0.472. The predicted molar refractivity (Wildman–Crippen MR) is 52.5 cm³/mol. The van der Waals surface area contributed by atoms with E-state index in [1.165, 1.54) is 6.07 Å². The van der Waals surface area contributed by atoms with Crippen LogP contribution in [-0.4, -0.2) is 0 Å². The molecule has 0 fully saturated rings. The van der Waals surface area contributed by atoms with Gasteiger partial charge in [-0.05, 0) is 12.1 Å². The number of benzene rings is 1. The van der Waals surface area contributed by atoms with Gasteiger partial charge >= 0.3 is 5.63 Å². The van der Waals surface area contributed by atoms with Crippen LogP contribution in [0.25, 0.3) is 11.0 Å². The molecule has 0 aliphatic carbocycles. The van der Waals surface area contributed by atoms with E-state index in [2.05, 4.69) is 0 Å². The highest BCUT2D eigenvalue weighted by atomic mass is 35.5. The number of fused-ring (bicyclic) bond motifs is 1. The molecule has 13 heavy (non-hydrogen) atoms. The Morgan fingerprint density at radius 1 is 1.15 bits per heavy atom. The van der Waals surface area contributed by atoms with Crippen molar-refractivity contribution >= 4 is 34.2 Å². The Kier molecular flexibility index (Phi) is 2.02. The highest BCUT2D eigenvalue weighted by Crippen LogP contribution is 2.28. The van der Waals surface area contributed by atoms with Crippen LogP contribution < -0.4 is 5.63 Å². The van der Waals surface area contributed by atoms with Gasteiger partial charge in [-0.15, -0.1) is 0 Å². The fourth-order valence-corrected chi connectivity index (χ4v) is 1.73. The molecule has 1 aromatic carbocycles. The summed E-state index contributed by atoms with van der Waals surface area (Å²) in [4.78, 5) is 10.9. The van der Waals surface area contributed by atoms with E-state index < -0.39 is 5.63 Å². The fraction of sp³-hybridized carbons (Fsp3) is 0. The Hall–Kier alpha value is -0.990. The standard InChI is InChI=1S/C9H4Cl2O2/c10-5-2-1-3-7-9(5)6(11)4-8(12)13-7/h1-4H. The first-order valence-electron chi connectivity index (χ1n) is 3.56. The van der Waals surface area contributed by atoms with Crippen molar-refractivity contribution in [2.45, 2.75) is 0 Å². The summed E-state index contributed by atoms with van der Waals surface area (Å²) in [5, 5.41) is 1.37. The van der Waals surface area contributed by atoms with Gasteiger partial charge in [0.25, 0.3) is 0 Å². The Bertz CT molecular complexity index is 516. The number of rotatable bonds is 0. The third-order valence-electron chi connectivity index (χ3n) is 1.67. The average molecular weight is 215 g/mol. The molecule has 0 radical (unpaired) electrons. The quantitative estimate of drug-likeness (QED) is 0.632. The molecule has 4 heteroatoms. The Labute approximate surface area is 83.7 Å². The van der Waals surface area contributed by atoms with E-state index in [1.807, 2.05) is 0 Å². The summed E-state index contributed by atoms with van der Waals surface area (Å²) in [5.74, 6) is 0. The molecular weight excluding hydrogens is 211 g/mol. The van der Waals surface area contributed by atoms with Crippen LogP contribution in [0.1, 0.15) is 0 Å². The minimum absolute atomic E-state index is 0.317. The monoisotopic (exact) mass is 214 g/mol. The van der Waals surface area contributed by atoms with Gasteiger partial charge in [0.05, 0.1) is 15.4 Å². The summed E-state index contributed by atoms with van der Waals surface area (Å²) in [6.45, 7) is 0. The van der Waals surface area contributed by atoms with Crippen LogP contribution in [0.3, 0.4) is 0 Å². The predicted octanol–water partition coefficient (Wildman–Crippen LogP) is 3.10. The maximum atomic E-state index is 10.9. The van der Waals surface area contributed by atoms with Crippen LogP contribution in [0, 0.1) is 0 Å². The van der Waals surface area contributed by atoms with Crippen molar-refractivity contribution in [3.05, 3.63) is 44.7 Å². The zero-order chi connectivity index (χ0) is 9.42. The van der Waals surface area contributed by atoms with Gasteiger partial charge in [0.2, 0.25) is 0 Å². The summed E-state index contributed by atoms with van der Waals surface area (Å²) >= 11 is 11.7. The third-order valence-corrected chi connectivity index (χ3v) is 2.28. The molecule has 0 spiro atoms. The van der Waals surface area contributed by atoms with E-state index >= 15 is 0 Å². The molecule has 2 aromatic rings. The summed E-state index contributed by atoms with van der Waals surface area (Å²) < 4.78 is 4.90. The van der Waals surface area contributed by atoms with Crippen molar-refractivity contribution in [2.24, 2.45) is 0 Å². The van der Waals surface area contributed by atoms with Crippen molar-refractivity contribution in [1.82, 2.24) is 0 Å². The Morgan fingerprint density at radius 2 is 1.92 bits per heavy atom. The van der Waals surface area contributed by atoms with Crippen molar-refractivity contribution in [2.75, 3.05) is 0 Å². The molecule has 2 nitrogen and oxygen atoms in total. The molecule has 0 saturated carbocycles. The molecule has 0 N–H and O–H groups in total. The van der Waals surface area contributed by atoms with Crippen molar-refractivity contribution in [1.29, 1.82) is 0 Å². The lowest BCUT2D eigenvalue weighted by atomic mass is 10.2. The van der Waals surface area contributed by atoms with Crippen LogP contribution in [0.2, 0.25) is 10.0 Å². The lowest BCUT2D eigenvalue weighted by Crippen LogP contribution is -1.95. The fourth-order valence-electron chi connectivity index (χ4n) is 1.13. The first kappa shape index (κ1) is 8.60. The zero-order valence-electron chi connectivity index (χ0n) is 6.38. The Balaban J connectivity index is 3.03. The van der Waals surface area contributed by atoms with Crippen molar-refractivity contribution < 1.29 is 4.42 Å². The maximum Gasteiger partial charge on any atom is 0.337 e. The molecule has 1 heterocycles. The number of hydrogen-bond acceptors (Lipinski definition) is 2. The summed E-state index contributed by atoms with van der Waals surface area (Å²) in [5.41, 5.74) is -0.0650. The van der Waals surface area contributed by atoms with E-state index in [-0.39, 0.29) is 0 Å². The smallest absolute Gasteiger partial charge is 0.337 e. The van der Waals surface area contributed by atoms with Gasteiger partial charge in [0.15, 0.2) is 0 Å². The van der Waals surface area contributed by atoms with Gasteiger partial charge in [0.1, 0.15) is 5.58 Å². The van der Waals surface area contributed by atoms with Gasteiger partial charge < -0.3 is 4.42 Å². The van der Waals surface area contributed by atoms with Crippen molar-refractivity contribution in [3.63, 3.8) is 0 Å². The molecular formula is C9H4Cl2O2. The van der Waals surface area contributed by atoms with Crippen LogP contribution in [-0.2, 0) is 0 Å². The van der Waals surface area contributed by atoms with Gasteiger partial charge in [-0.3, -0.25) is 0 Å². The lowest BCUT2D eigenvalue weighted by molar-refractivity contribution is 0.561. The molecule has 0 atom stereocenters. The van der Waals surface area contributed by atoms with Gasteiger partial charge in [-0.2, -0.15) is 0 Å². The summed E-state index contributed by atoms with van der Waals surface area (Å²) in [7, 11) is 0. The molecule has 2 rings (SSSR count). The normalized spacial score (nSPS) is 10.6. The molecule has 66 valence electrons. The molecule has 0 saturated heterocycles. The van der Waals surface area contributed by atoms with E-state index in [9.17, 15) is 4.79 Å². The number of halogens is 2. The number of hydrogen-bond donors (Lipinski definition) is 0. The van der Waals surface area contributed by atoms with Gasteiger partial charge in [0, 0.05) is 6.07 Å². The Morgan fingerprint density at radius 3 is 2.69 bits per heavy atom. The first-order valence-corrected chi connectivity index (χ1v) is 4.32. The molecule has 1 aromatic heterocycles. The molecule has 0 bridgehead atoms. The highest BCUT2D eigenvalue weighted by molar-refractivity contribution is 6.41. The molecule has 0 amide bonds. The molecule has 0 unspecified atom stereocenters. The van der Waals surface area contributed by atoms with E-state index in [1.54, 1.807) is 18.2 Å². The molecule has 0 aliphatic heterocycles. The zero-order valence-corrected chi connectivity index (χ0v) is 7.89. The van der Waals surface area contributed by atoms with Crippen LogP contribution in [0.5, 0.6) is 0 Å². The first-order chi connectivity index (χ1) is 6.18. The third kappa shape index (κ3) is 1.43. The SMILES string of the molecule is O=c1cc(Cl)c2c(Cl)cccc2o1. The molecule has 0 aliphatic rings. The van der Waals surface area contributed by atoms with E-state index in [4.69, 9.17) is 27.6 Å². The maximum absolute atomic E-state index is 10.9. The minimum Gasteiger partial charge on any atom is -0.423 e. The average Bonchev–Trinajstić information content (AvgIpc) is 2.02. The summed E-state index contributed by atoms with van der Waals surface area (Å²) in [6, 6.07) is 6.24. The van der Waals surface area contributed by atoms with Crippen LogP contribution in [0.4, 0.5) is 0 Å². The highest BCUT2D eigenvalue weighted by Gasteiger charge is 2.06. The lowest BCUT2D eigenvalue weighted by Gasteiger charge is -1.99. The van der Waals surface area contributed by atoms with Crippen molar-refractivity contribution in [3.8, 4) is 0 Å². The van der Waals surface area contributed by atoms with Gasteiger partial charge in [-0.1, -0.05) is 29.3 Å². The van der Waals surface area contributed by atoms with Crippen LogP contribution in [0.15, 0.2) is 33.5 Å². The second kappa shape index (κ2) is 3.05. The topological polar surface area (TPSA) is 30.2 Å². The second-order valence-corrected chi connectivity index (χ2v) is 3.34. The van der Waals surface area contributed by atoms with Gasteiger partial charge in [-0.25, -0.2) is 4.79 Å². The second-order valence-electron chi connectivity index (χ2n) is 2.53. The largest absolute Gasteiger partial charge is 0.423 e. The summed E-state index contributed by atoms with van der Waals surface area (Å²) in [6.07, 6.45) is 0. The van der Waals surface area contributed by atoms with Crippen LogP contribution >= 0.6 is 23.2 Å².